The van der Waals surface area contributed by atoms with Gasteiger partial charge in [0.2, 0.25) is 0 Å². The lowest BCUT2D eigenvalue weighted by atomic mass is 9.75. The number of hydrogen-bond acceptors (Lipinski definition) is 5. The van der Waals surface area contributed by atoms with E-state index in [9.17, 15) is 13.7 Å². The molecule has 0 spiro atoms. The summed E-state index contributed by atoms with van der Waals surface area (Å²) in [5, 5.41) is 10.2. The zero-order chi connectivity index (χ0) is 26.1. The maximum Gasteiger partial charge on any atom is 0.294 e. The molecule has 1 aromatic heterocycles. The molecule has 0 amide bonds. The summed E-state index contributed by atoms with van der Waals surface area (Å²) >= 11 is 0. The third-order valence-electron chi connectivity index (χ3n) is 5.95. The van der Waals surface area contributed by atoms with Crippen LogP contribution in [0, 0.1) is 18.3 Å². The van der Waals surface area contributed by atoms with Crippen LogP contribution < -0.4 is 0 Å². The average molecular weight is 494 g/mol. The second-order valence-electron chi connectivity index (χ2n) is 9.06. The third kappa shape index (κ3) is 7.72. The van der Waals surface area contributed by atoms with Gasteiger partial charge in [0.15, 0.2) is 0 Å². The lowest BCUT2D eigenvalue weighted by Gasteiger charge is -2.34. The number of nitriles is 1. The van der Waals surface area contributed by atoms with Crippen molar-refractivity contribution in [2.45, 2.75) is 63.4 Å². The first-order valence-corrected chi connectivity index (χ1v) is 13.1. The van der Waals surface area contributed by atoms with Crippen LogP contribution in [0.25, 0.3) is 0 Å². The summed E-state index contributed by atoms with van der Waals surface area (Å²) in [7, 11) is -4.02. The Morgan fingerprint density at radius 2 is 1.51 bits per heavy atom. The van der Waals surface area contributed by atoms with Gasteiger partial charge in [0, 0.05) is 24.8 Å². The third-order valence-corrected chi connectivity index (χ3v) is 6.82. The Labute approximate surface area is 210 Å². The molecule has 1 atom stereocenters. The van der Waals surface area contributed by atoms with E-state index < -0.39 is 15.5 Å². The smallest absolute Gasteiger partial charge is 0.294 e. The zero-order valence-electron chi connectivity index (χ0n) is 21.1. The summed E-state index contributed by atoms with van der Waals surface area (Å²) in [5.74, 6) is 0. The molecule has 0 saturated heterocycles. The highest BCUT2D eigenvalue weighted by Crippen LogP contribution is 2.34. The molecule has 1 N–H and O–H groups in total. The van der Waals surface area contributed by atoms with Crippen LogP contribution in [-0.2, 0) is 15.5 Å². The fourth-order valence-corrected chi connectivity index (χ4v) is 4.54. The van der Waals surface area contributed by atoms with Gasteiger partial charge in [0.05, 0.1) is 16.7 Å². The minimum absolute atomic E-state index is 0.0666. The van der Waals surface area contributed by atoms with Gasteiger partial charge in [-0.15, -0.1) is 0 Å². The van der Waals surface area contributed by atoms with E-state index in [-0.39, 0.29) is 4.90 Å². The topological polar surface area (TPSA) is 94.3 Å². The molecule has 0 bridgehead atoms. The summed E-state index contributed by atoms with van der Waals surface area (Å²) in [5.41, 5.74) is 2.08. The first-order valence-electron chi connectivity index (χ1n) is 11.7. The van der Waals surface area contributed by atoms with Crippen LogP contribution in [0.1, 0.15) is 50.9 Å². The standard InChI is InChI=1S/C21H27N3.C7H8O3S/c1-17(2)24(18(3)4)15-13-21(16-22,19-10-6-5-7-11-19)20-12-8-9-14-23-20;1-6-2-4-7(5-3-6)11(8,9)10/h5-12,14,17-18H,13,15H2,1-4H3;2-5H,1H3,(H,8,9,10). The number of aromatic nitrogens is 1. The Kier molecular flexibility index (Phi) is 10.1. The molecule has 7 heteroatoms. The molecule has 1 heterocycles. The molecule has 1 unspecified atom stereocenters. The maximum absolute atomic E-state index is 10.5. The van der Waals surface area contributed by atoms with E-state index in [1.54, 1.807) is 18.3 Å². The van der Waals surface area contributed by atoms with Gasteiger partial charge in [-0.3, -0.25) is 14.4 Å². The van der Waals surface area contributed by atoms with Crippen LogP contribution in [-0.4, -0.2) is 41.5 Å². The molecule has 0 radical (unpaired) electrons. The molecule has 0 saturated carbocycles. The van der Waals surface area contributed by atoms with Crippen LogP contribution in [0.3, 0.4) is 0 Å². The van der Waals surface area contributed by atoms with Gasteiger partial charge in [-0.2, -0.15) is 13.7 Å². The van der Waals surface area contributed by atoms with Crippen LogP contribution >= 0.6 is 0 Å². The predicted molar refractivity (Wildman–Crippen MR) is 140 cm³/mol. The molecule has 186 valence electrons. The average Bonchev–Trinajstić information content (AvgIpc) is 2.83. The Morgan fingerprint density at radius 3 is 1.97 bits per heavy atom. The molecule has 0 fully saturated rings. The Bertz CT molecular complexity index is 1140. The van der Waals surface area contributed by atoms with E-state index in [0.717, 1.165) is 29.8 Å². The van der Waals surface area contributed by atoms with Crippen molar-refractivity contribution in [1.82, 2.24) is 9.88 Å². The van der Waals surface area contributed by atoms with Gasteiger partial charge in [-0.1, -0.05) is 54.1 Å². The van der Waals surface area contributed by atoms with E-state index in [4.69, 9.17) is 4.55 Å². The molecule has 2 aromatic carbocycles. The van der Waals surface area contributed by atoms with E-state index in [1.807, 2.05) is 55.5 Å². The molecular weight excluding hydrogens is 458 g/mol. The highest BCUT2D eigenvalue weighted by atomic mass is 32.2. The van der Waals surface area contributed by atoms with Gasteiger partial charge in [-0.25, -0.2) is 0 Å². The fraction of sp³-hybridized carbons (Fsp3) is 0.357. The predicted octanol–water partition coefficient (Wildman–Crippen LogP) is 5.64. The number of nitrogens with zero attached hydrogens (tertiary/aromatic N) is 3. The van der Waals surface area contributed by atoms with Gasteiger partial charge >= 0.3 is 0 Å². The second kappa shape index (κ2) is 12.6. The van der Waals surface area contributed by atoms with Crippen molar-refractivity contribution < 1.29 is 13.0 Å². The summed E-state index contributed by atoms with van der Waals surface area (Å²) in [4.78, 5) is 6.89. The van der Waals surface area contributed by atoms with Crippen LogP contribution in [0.4, 0.5) is 0 Å². The van der Waals surface area contributed by atoms with E-state index in [0.29, 0.717) is 12.1 Å². The zero-order valence-corrected chi connectivity index (χ0v) is 21.9. The minimum Gasteiger partial charge on any atom is -0.298 e. The molecule has 0 aliphatic carbocycles. The number of hydrogen-bond donors (Lipinski definition) is 1. The van der Waals surface area contributed by atoms with Crippen molar-refractivity contribution in [3.05, 3.63) is 95.8 Å². The first-order chi connectivity index (χ1) is 16.5. The van der Waals surface area contributed by atoms with Crippen molar-refractivity contribution in [1.29, 1.82) is 5.26 Å². The molecule has 0 aliphatic rings. The van der Waals surface area contributed by atoms with E-state index in [1.165, 1.54) is 12.1 Å². The lowest BCUT2D eigenvalue weighted by Crippen LogP contribution is -2.41. The van der Waals surface area contributed by atoms with Gasteiger partial charge in [-0.05, 0) is 70.9 Å². The number of pyridine rings is 1. The highest BCUT2D eigenvalue weighted by Gasteiger charge is 2.36. The van der Waals surface area contributed by atoms with Crippen molar-refractivity contribution in [3.63, 3.8) is 0 Å². The lowest BCUT2D eigenvalue weighted by molar-refractivity contribution is 0.166. The second-order valence-corrected chi connectivity index (χ2v) is 10.5. The Morgan fingerprint density at radius 1 is 0.943 bits per heavy atom. The van der Waals surface area contributed by atoms with Crippen LogP contribution in [0.15, 0.2) is 83.9 Å². The fourth-order valence-electron chi connectivity index (χ4n) is 4.06. The molecule has 35 heavy (non-hydrogen) atoms. The summed E-state index contributed by atoms with van der Waals surface area (Å²) < 4.78 is 29.6. The summed E-state index contributed by atoms with van der Waals surface area (Å²) in [6.45, 7) is 11.5. The van der Waals surface area contributed by atoms with Gasteiger partial charge in [0.1, 0.15) is 5.41 Å². The molecular formula is C28H35N3O3S. The summed E-state index contributed by atoms with van der Waals surface area (Å²) in [6, 6.07) is 25.3. The number of benzene rings is 2. The molecule has 3 rings (SSSR count). The van der Waals surface area contributed by atoms with Crippen molar-refractivity contribution in [2.75, 3.05) is 6.54 Å². The van der Waals surface area contributed by atoms with E-state index >= 15 is 0 Å². The number of aryl methyl sites for hydroxylation is 1. The van der Waals surface area contributed by atoms with Crippen LogP contribution in [0.2, 0.25) is 0 Å². The monoisotopic (exact) mass is 493 g/mol. The van der Waals surface area contributed by atoms with Crippen molar-refractivity contribution in [3.8, 4) is 6.07 Å². The van der Waals surface area contributed by atoms with Crippen molar-refractivity contribution in [2.24, 2.45) is 0 Å². The Balaban J connectivity index is 0.000000328. The first kappa shape index (κ1) is 28.2. The normalized spacial score (nSPS) is 13.1. The maximum atomic E-state index is 10.5. The Hall–Kier alpha value is -3.05. The van der Waals surface area contributed by atoms with Crippen molar-refractivity contribution >= 4 is 10.1 Å². The minimum atomic E-state index is -4.02. The van der Waals surface area contributed by atoms with Gasteiger partial charge < -0.3 is 0 Å². The highest BCUT2D eigenvalue weighted by molar-refractivity contribution is 7.85. The van der Waals surface area contributed by atoms with Gasteiger partial charge in [0.25, 0.3) is 10.1 Å². The van der Waals surface area contributed by atoms with Crippen LogP contribution in [0.5, 0.6) is 0 Å². The molecule has 3 aromatic rings. The largest absolute Gasteiger partial charge is 0.298 e. The SMILES string of the molecule is CC(C)N(CCC(C#N)(c1ccccc1)c1ccccn1)C(C)C.Cc1ccc(S(=O)(=O)O)cc1. The molecule has 0 aliphatic heterocycles. The quantitative estimate of drug-likeness (QED) is 0.408. The summed E-state index contributed by atoms with van der Waals surface area (Å²) in [6.07, 6.45) is 2.49. The number of rotatable bonds is 8. The molecule has 6 nitrogen and oxygen atoms in total. The van der Waals surface area contributed by atoms with E-state index in [2.05, 4.69) is 43.6 Å².